The lowest BCUT2D eigenvalue weighted by molar-refractivity contribution is -0.116. The van der Waals surface area contributed by atoms with Gasteiger partial charge in [0.2, 0.25) is 15.9 Å². The van der Waals surface area contributed by atoms with Crippen LogP contribution in [0.5, 0.6) is 11.5 Å². The van der Waals surface area contributed by atoms with Crippen LogP contribution in [0.3, 0.4) is 0 Å². The number of sulfonamides is 1. The summed E-state index contributed by atoms with van der Waals surface area (Å²) < 4.78 is 32.1. The first-order valence-corrected chi connectivity index (χ1v) is 11.2. The molecule has 0 saturated heterocycles. The fraction of sp³-hybridized carbons (Fsp3) is 0.174. The maximum Gasteiger partial charge on any atom is 0.240 e. The summed E-state index contributed by atoms with van der Waals surface area (Å²) in [6.07, 6.45) is 0.810. The first kappa shape index (κ1) is 21.5. The van der Waals surface area contributed by atoms with E-state index in [9.17, 15) is 13.2 Å². The van der Waals surface area contributed by atoms with Crippen molar-refractivity contribution in [2.45, 2.75) is 24.7 Å². The van der Waals surface area contributed by atoms with Gasteiger partial charge in [0.05, 0.1) is 4.90 Å². The normalized spacial score (nSPS) is 11.1. The van der Waals surface area contributed by atoms with Crippen LogP contribution in [0.25, 0.3) is 0 Å². The standard InChI is InChI=1S/C23H24N2O4S/c1-2-24-30(27,28)22-15-8-18(9-16-22)10-17-23(26)25-19-11-13-21(14-12-19)29-20-6-4-3-5-7-20/h3-9,11-16,24H,2,10,17H2,1H3,(H,25,26). The highest BCUT2D eigenvalue weighted by molar-refractivity contribution is 7.89. The topological polar surface area (TPSA) is 84.5 Å². The van der Waals surface area contributed by atoms with Crippen LogP contribution in [0.4, 0.5) is 5.69 Å². The van der Waals surface area contributed by atoms with Gasteiger partial charge < -0.3 is 10.1 Å². The van der Waals surface area contributed by atoms with Crippen molar-refractivity contribution in [3.8, 4) is 11.5 Å². The summed E-state index contributed by atoms with van der Waals surface area (Å²) >= 11 is 0. The molecule has 0 bridgehead atoms. The van der Waals surface area contributed by atoms with E-state index in [-0.39, 0.29) is 10.8 Å². The molecule has 6 nitrogen and oxygen atoms in total. The van der Waals surface area contributed by atoms with Crippen molar-refractivity contribution in [2.75, 3.05) is 11.9 Å². The molecule has 0 saturated carbocycles. The predicted molar refractivity (Wildman–Crippen MR) is 117 cm³/mol. The quantitative estimate of drug-likeness (QED) is 0.535. The number of anilines is 1. The Bertz CT molecular complexity index is 1060. The molecule has 0 aromatic heterocycles. The molecule has 0 aliphatic heterocycles. The van der Waals surface area contributed by atoms with Crippen LogP contribution in [0.1, 0.15) is 18.9 Å². The number of carbonyl (C=O) groups excluding carboxylic acids is 1. The average Bonchev–Trinajstić information content (AvgIpc) is 2.75. The Labute approximate surface area is 177 Å². The lowest BCUT2D eigenvalue weighted by atomic mass is 10.1. The maximum absolute atomic E-state index is 12.2. The fourth-order valence-corrected chi connectivity index (χ4v) is 3.86. The van der Waals surface area contributed by atoms with Gasteiger partial charge in [0, 0.05) is 18.7 Å². The molecular weight excluding hydrogens is 400 g/mol. The van der Waals surface area contributed by atoms with Gasteiger partial charge in [0.1, 0.15) is 11.5 Å². The number of hydrogen-bond acceptors (Lipinski definition) is 4. The fourth-order valence-electron chi connectivity index (χ4n) is 2.82. The van der Waals surface area contributed by atoms with Gasteiger partial charge in [-0.15, -0.1) is 0 Å². The summed E-state index contributed by atoms with van der Waals surface area (Å²) in [4.78, 5) is 12.4. The SMILES string of the molecule is CCNS(=O)(=O)c1ccc(CCC(=O)Nc2ccc(Oc3ccccc3)cc2)cc1. The van der Waals surface area contributed by atoms with E-state index in [1.165, 1.54) is 0 Å². The lowest BCUT2D eigenvalue weighted by Gasteiger charge is -2.09. The monoisotopic (exact) mass is 424 g/mol. The number of benzene rings is 3. The van der Waals surface area contributed by atoms with Gasteiger partial charge in [0.15, 0.2) is 0 Å². The van der Waals surface area contributed by atoms with Crippen molar-refractivity contribution in [2.24, 2.45) is 0 Å². The molecule has 3 rings (SSSR count). The minimum Gasteiger partial charge on any atom is -0.457 e. The molecule has 2 N–H and O–H groups in total. The molecule has 0 radical (unpaired) electrons. The molecule has 0 spiro atoms. The summed E-state index contributed by atoms with van der Waals surface area (Å²) in [5.74, 6) is 1.32. The van der Waals surface area contributed by atoms with Gasteiger partial charge in [-0.3, -0.25) is 4.79 Å². The highest BCUT2D eigenvalue weighted by atomic mass is 32.2. The summed E-state index contributed by atoms with van der Waals surface area (Å²) in [5, 5.41) is 2.86. The Morgan fingerprint density at radius 1 is 0.867 bits per heavy atom. The molecule has 0 unspecified atom stereocenters. The van der Waals surface area contributed by atoms with E-state index in [4.69, 9.17) is 4.74 Å². The zero-order chi connectivity index (χ0) is 21.4. The number of rotatable bonds is 9. The van der Waals surface area contributed by atoms with Gasteiger partial charge >= 0.3 is 0 Å². The van der Waals surface area contributed by atoms with Gasteiger partial charge in [-0.2, -0.15) is 0 Å². The molecular formula is C23H24N2O4S. The minimum atomic E-state index is -3.46. The number of hydrogen-bond donors (Lipinski definition) is 2. The average molecular weight is 425 g/mol. The van der Waals surface area contributed by atoms with Crippen LogP contribution in [0.2, 0.25) is 0 Å². The second-order valence-electron chi connectivity index (χ2n) is 6.63. The number of carbonyl (C=O) groups is 1. The van der Waals surface area contributed by atoms with E-state index in [2.05, 4.69) is 10.0 Å². The molecule has 3 aromatic rings. The smallest absolute Gasteiger partial charge is 0.240 e. The minimum absolute atomic E-state index is 0.115. The Balaban J connectivity index is 1.50. The van der Waals surface area contributed by atoms with Crippen molar-refractivity contribution in [3.05, 3.63) is 84.4 Å². The third-order valence-electron chi connectivity index (χ3n) is 4.33. The van der Waals surface area contributed by atoms with Gasteiger partial charge in [-0.25, -0.2) is 13.1 Å². The summed E-state index contributed by atoms with van der Waals surface area (Å²) in [7, 11) is -3.46. The van der Waals surface area contributed by atoms with Gasteiger partial charge in [-0.05, 0) is 60.5 Å². The zero-order valence-electron chi connectivity index (χ0n) is 16.7. The van der Waals surface area contributed by atoms with Crippen molar-refractivity contribution in [3.63, 3.8) is 0 Å². The van der Waals surface area contributed by atoms with E-state index >= 15 is 0 Å². The number of ether oxygens (including phenoxy) is 1. The van der Waals surface area contributed by atoms with E-state index < -0.39 is 10.0 Å². The van der Waals surface area contributed by atoms with E-state index in [0.29, 0.717) is 30.8 Å². The molecule has 30 heavy (non-hydrogen) atoms. The summed E-state index contributed by atoms with van der Waals surface area (Å²) in [6.45, 7) is 2.07. The van der Waals surface area contributed by atoms with Crippen LogP contribution >= 0.6 is 0 Å². The molecule has 0 aliphatic carbocycles. The Morgan fingerprint density at radius 3 is 2.13 bits per heavy atom. The van der Waals surface area contributed by atoms with Crippen molar-refractivity contribution < 1.29 is 17.9 Å². The summed E-state index contributed by atoms with van der Waals surface area (Å²) in [6, 6.07) is 23.2. The number of amides is 1. The highest BCUT2D eigenvalue weighted by Gasteiger charge is 2.12. The highest BCUT2D eigenvalue weighted by Crippen LogP contribution is 2.22. The van der Waals surface area contributed by atoms with E-state index in [0.717, 1.165) is 11.3 Å². The van der Waals surface area contributed by atoms with Crippen molar-refractivity contribution in [1.29, 1.82) is 0 Å². The molecule has 3 aromatic carbocycles. The second-order valence-corrected chi connectivity index (χ2v) is 8.40. The van der Waals surface area contributed by atoms with Crippen LogP contribution in [0.15, 0.2) is 83.8 Å². The van der Waals surface area contributed by atoms with Crippen molar-refractivity contribution >= 4 is 21.6 Å². The molecule has 0 atom stereocenters. The second kappa shape index (κ2) is 10.0. The van der Waals surface area contributed by atoms with Crippen molar-refractivity contribution in [1.82, 2.24) is 4.72 Å². The zero-order valence-corrected chi connectivity index (χ0v) is 17.5. The largest absolute Gasteiger partial charge is 0.457 e. The maximum atomic E-state index is 12.2. The Morgan fingerprint density at radius 2 is 1.50 bits per heavy atom. The Hall–Kier alpha value is -3.16. The predicted octanol–water partition coefficient (Wildman–Crippen LogP) is 4.35. The number of para-hydroxylation sites is 1. The summed E-state index contributed by atoms with van der Waals surface area (Å²) in [5.41, 5.74) is 1.58. The first-order valence-electron chi connectivity index (χ1n) is 9.68. The van der Waals surface area contributed by atoms with E-state index in [1.807, 2.05) is 30.3 Å². The molecule has 1 amide bonds. The first-order chi connectivity index (χ1) is 14.5. The third-order valence-corrected chi connectivity index (χ3v) is 5.89. The Kier molecular flexibility index (Phi) is 7.21. The number of aryl methyl sites for hydroxylation is 1. The molecule has 0 fully saturated rings. The van der Waals surface area contributed by atoms with Crippen LogP contribution in [-0.4, -0.2) is 20.9 Å². The molecule has 0 aliphatic rings. The lowest BCUT2D eigenvalue weighted by Crippen LogP contribution is -2.23. The van der Waals surface area contributed by atoms with Crippen LogP contribution in [0, 0.1) is 0 Å². The van der Waals surface area contributed by atoms with Gasteiger partial charge in [0.25, 0.3) is 0 Å². The third kappa shape index (κ3) is 6.17. The van der Waals surface area contributed by atoms with E-state index in [1.54, 1.807) is 55.5 Å². The molecule has 7 heteroatoms. The number of nitrogens with one attached hydrogen (secondary N) is 2. The molecule has 156 valence electrons. The van der Waals surface area contributed by atoms with Crippen LogP contribution in [-0.2, 0) is 21.2 Å². The van der Waals surface area contributed by atoms with Crippen LogP contribution < -0.4 is 14.8 Å². The van der Waals surface area contributed by atoms with Gasteiger partial charge in [-0.1, -0.05) is 37.3 Å². The molecule has 0 heterocycles.